The zero-order valence-corrected chi connectivity index (χ0v) is 13.8. The lowest BCUT2D eigenvalue weighted by Crippen LogP contribution is -2.48. The van der Waals surface area contributed by atoms with Crippen LogP contribution in [0.3, 0.4) is 0 Å². The van der Waals surface area contributed by atoms with Gasteiger partial charge in [0.1, 0.15) is 5.54 Å². The fraction of sp³-hybridized carbons (Fsp3) is 0.600. The first kappa shape index (κ1) is 17.0. The van der Waals surface area contributed by atoms with Gasteiger partial charge in [-0.2, -0.15) is 0 Å². The van der Waals surface area contributed by atoms with E-state index in [1.165, 1.54) is 12.7 Å². The lowest BCUT2D eigenvalue weighted by atomic mass is 9.97. The van der Waals surface area contributed by atoms with Gasteiger partial charge in [-0.1, -0.05) is 0 Å². The Balaban J connectivity index is 2.46. The molecular weight excluding hydrogens is 272 g/mol. The van der Waals surface area contributed by atoms with Crippen LogP contribution >= 0.6 is 11.8 Å². The van der Waals surface area contributed by atoms with Gasteiger partial charge in [-0.05, 0) is 64.1 Å². The number of pyridine rings is 1. The molecule has 1 rings (SSSR count). The summed E-state index contributed by atoms with van der Waals surface area (Å²) < 4.78 is 4.83. The second-order valence-electron chi connectivity index (χ2n) is 5.15. The average Bonchev–Trinajstić information content (AvgIpc) is 2.41. The van der Waals surface area contributed by atoms with E-state index in [9.17, 15) is 4.79 Å². The maximum absolute atomic E-state index is 11.7. The standard InChI is InChI=1S/C15H24N2O2S/c1-11-9-12(2)17-13(10-11)20-8-6-7-15(3,16-4)14(18)19-5/h9-10,16H,6-8H2,1-5H3. The molecular formula is C15H24N2O2S. The van der Waals surface area contributed by atoms with Crippen molar-refractivity contribution in [3.63, 3.8) is 0 Å². The Morgan fingerprint density at radius 1 is 1.45 bits per heavy atom. The Morgan fingerprint density at radius 3 is 2.70 bits per heavy atom. The molecule has 0 aliphatic rings. The molecule has 112 valence electrons. The van der Waals surface area contributed by atoms with Crippen molar-refractivity contribution >= 4 is 17.7 Å². The maximum Gasteiger partial charge on any atom is 0.325 e. The third-order valence-electron chi connectivity index (χ3n) is 3.33. The molecule has 5 heteroatoms. The Kier molecular flexibility index (Phi) is 6.49. The van der Waals surface area contributed by atoms with Crippen LogP contribution in [-0.4, -0.2) is 36.4 Å². The minimum Gasteiger partial charge on any atom is -0.468 e. The van der Waals surface area contributed by atoms with Gasteiger partial charge < -0.3 is 10.1 Å². The second kappa shape index (κ2) is 7.64. The number of carbonyl (C=O) groups excluding carboxylic acids is 1. The number of esters is 1. The summed E-state index contributed by atoms with van der Waals surface area (Å²) in [4.78, 5) is 16.2. The molecule has 0 amide bonds. The fourth-order valence-electron chi connectivity index (χ4n) is 2.04. The van der Waals surface area contributed by atoms with Gasteiger partial charge in [0.25, 0.3) is 0 Å². The Hall–Kier alpha value is -1.07. The highest BCUT2D eigenvalue weighted by Crippen LogP contribution is 2.21. The number of aromatic nitrogens is 1. The number of aryl methyl sites for hydroxylation is 2. The fourth-order valence-corrected chi connectivity index (χ4v) is 3.01. The van der Waals surface area contributed by atoms with Crippen molar-refractivity contribution in [2.75, 3.05) is 19.9 Å². The van der Waals surface area contributed by atoms with Crippen LogP contribution in [0, 0.1) is 13.8 Å². The summed E-state index contributed by atoms with van der Waals surface area (Å²) in [5.41, 5.74) is 1.67. The SMILES string of the molecule is CNC(C)(CCCSc1cc(C)cc(C)n1)C(=O)OC. The van der Waals surface area contributed by atoms with Crippen LogP contribution in [0.25, 0.3) is 0 Å². The number of ether oxygens (including phenoxy) is 1. The third kappa shape index (κ3) is 4.80. The van der Waals surface area contributed by atoms with Crippen LogP contribution in [0.4, 0.5) is 0 Å². The molecule has 0 aliphatic carbocycles. The molecule has 1 aromatic heterocycles. The molecule has 4 nitrogen and oxygen atoms in total. The Bertz CT molecular complexity index is 445. The molecule has 20 heavy (non-hydrogen) atoms. The second-order valence-corrected chi connectivity index (χ2v) is 6.27. The summed E-state index contributed by atoms with van der Waals surface area (Å²) in [6.07, 6.45) is 1.67. The number of thioether (sulfide) groups is 1. The Labute approximate surface area is 125 Å². The number of nitrogens with one attached hydrogen (secondary N) is 1. The smallest absolute Gasteiger partial charge is 0.325 e. The minimum absolute atomic E-state index is 0.213. The largest absolute Gasteiger partial charge is 0.468 e. The molecule has 0 radical (unpaired) electrons. The van der Waals surface area contributed by atoms with Gasteiger partial charge in [-0.25, -0.2) is 4.98 Å². The zero-order chi connectivity index (χ0) is 15.2. The molecule has 0 spiro atoms. The van der Waals surface area contributed by atoms with Gasteiger partial charge in [-0.3, -0.25) is 4.79 Å². The van der Waals surface area contributed by atoms with E-state index in [0.717, 1.165) is 29.3 Å². The third-order valence-corrected chi connectivity index (χ3v) is 4.33. The normalized spacial score (nSPS) is 13.8. The molecule has 0 saturated heterocycles. The number of hydrogen-bond acceptors (Lipinski definition) is 5. The summed E-state index contributed by atoms with van der Waals surface area (Å²) in [5, 5.41) is 4.09. The predicted molar refractivity (Wildman–Crippen MR) is 83.1 cm³/mol. The van der Waals surface area contributed by atoms with E-state index in [0.29, 0.717) is 0 Å². The van der Waals surface area contributed by atoms with Crippen LogP contribution in [0.15, 0.2) is 17.2 Å². The van der Waals surface area contributed by atoms with E-state index in [2.05, 4.69) is 29.4 Å². The van der Waals surface area contributed by atoms with Gasteiger partial charge in [0.15, 0.2) is 0 Å². The summed E-state index contributed by atoms with van der Waals surface area (Å²) in [5.74, 6) is 0.721. The van der Waals surface area contributed by atoms with E-state index in [1.807, 2.05) is 13.8 Å². The molecule has 1 atom stereocenters. The number of rotatable bonds is 7. The first-order valence-electron chi connectivity index (χ1n) is 6.76. The van der Waals surface area contributed by atoms with Crippen molar-refractivity contribution in [2.24, 2.45) is 0 Å². The molecule has 1 heterocycles. The van der Waals surface area contributed by atoms with Crippen molar-refractivity contribution in [1.82, 2.24) is 10.3 Å². The predicted octanol–water partition coefficient (Wildman–Crippen LogP) is 2.72. The molecule has 0 saturated carbocycles. The summed E-state index contributed by atoms with van der Waals surface area (Å²) in [6, 6.07) is 4.16. The van der Waals surface area contributed by atoms with E-state index in [-0.39, 0.29) is 5.97 Å². The number of likely N-dealkylation sites (N-methyl/N-ethyl adjacent to an activating group) is 1. The number of hydrogen-bond donors (Lipinski definition) is 1. The van der Waals surface area contributed by atoms with Crippen molar-refractivity contribution in [3.05, 3.63) is 23.4 Å². The van der Waals surface area contributed by atoms with E-state index in [4.69, 9.17) is 4.74 Å². The van der Waals surface area contributed by atoms with E-state index >= 15 is 0 Å². The first-order chi connectivity index (χ1) is 9.41. The van der Waals surface area contributed by atoms with Gasteiger partial charge in [0, 0.05) is 5.69 Å². The van der Waals surface area contributed by atoms with Gasteiger partial charge >= 0.3 is 5.97 Å². The van der Waals surface area contributed by atoms with Crippen LogP contribution in [0.1, 0.15) is 31.0 Å². The maximum atomic E-state index is 11.7. The highest BCUT2D eigenvalue weighted by Gasteiger charge is 2.31. The molecule has 1 unspecified atom stereocenters. The molecule has 1 aromatic rings. The molecule has 0 aromatic carbocycles. The van der Waals surface area contributed by atoms with Crippen LogP contribution < -0.4 is 5.32 Å². The number of methoxy groups -OCH3 is 1. The summed E-state index contributed by atoms with van der Waals surface area (Å²) in [7, 11) is 3.21. The van der Waals surface area contributed by atoms with E-state index in [1.54, 1.807) is 18.8 Å². The lowest BCUT2D eigenvalue weighted by molar-refractivity contribution is -0.148. The summed E-state index contributed by atoms with van der Waals surface area (Å²) in [6.45, 7) is 5.96. The Morgan fingerprint density at radius 2 is 2.15 bits per heavy atom. The van der Waals surface area contributed by atoms with Crippen molar-refractivity contribution < 1.29 is 9.53 Å². The van der Waals surface area contributed by atoms with Crippen LogP contribution in [0.5, 0.6) is 0 Å². The van der Waals surface area contributed by atoms with Crippen LogP contribution in [-0.2, 0) is 9.53 Å². The zero-order valence-electron chi connectivity index (χ0n) is 12.9. The van der Waals surface area contributed by atoms with Gasteiger partial charge in [0.2, 0.25) is 0 Å². The quantitative estimate of drug-likeness (QED) is 0.476. The highest BCUT2D eigenvalue weighted by molar-refractivity contribution is 7.99. The number of nitrogens with zero attached hydrogens (tertiary/aromatic N) is 1. The van der Waals surface area contributed by atoms with Crippen molar-refractivity contribution in [1.29, 1.82) is 0 Å². The number of carbonyl (C=O) groups is 1. The first-order valence-corrected chi connectivity index (χ1v) is 7.75. The average molecular weight is 296 g/mol. The van der Waals surface area contributed by atoms with Gasteiger partial charge in [0.05, 0.1) is 12.1 Å². The van der Waals surface area contributed by atoms with Crippen molar-refractivity contribution in [2.45, 2.75) is 44.2 Å². The molecule has 0 bridgehead atoms. The van der Waals surface area contributed by atoms with Crippen molar-refractivity contribution in [3.8, 4) is 0 Å². The molecule has 0 fully saturated rings. The summed E-state index contributed by atoms with van der Waals surface area (Å²) >= 11 is 1.73. The van der Waals surface area contributed by atoms with E-state index < -0.39 is 5.54 Å². The molecule has 1 N–H and O–H groups in total. The van der Waals surface area contributed by atoms with Gasteiger partial charge in [-0.15, -0.1) is 11.8 Å². The minimum atomic E-state index is -0.606. The monoisotopic (exact) mass is 296 g/mol. The van der Waals surface area contributed by atoms with Crippen LogP contribution in [0.2, 0.25) is 0 Å². The lowest BCUT2D eigenvalue weighted by Gasteiger charge is -2.25. The molecule has 0 aliphatic heterocycles. The highest BCUT2D eigenvalue weighted by atomic mass is 32.2. The topological polar surface area (TPSA) is 51.2 Å².